The molecule has 4 nitrogen and oxygen atoms in total. The molecule has 0 spiro atoms. The Balaban J connectivity index is 2.00. The second kappa shape index (κ2) is 6.97. The Kier molecular flexibility index (Phi) is 5.04. The van der Waals surface area contributed by atoms with Crippen LogP contribution in [0.4, 0.5) is 11.4 Å². The Morgan fingerprint density at radius 3 is 2.67 bits per heavy atom. The lowest BCUT2D eigenvalue weighted by Crippen LogP contribution is -2.27. The molecule has 0 aliphatic carbocycles. The summed E-state index contributed by atoms with van der Waals surface area (Å²) in [5.41, 5.74) is 8.90. The Labute approximate surface area is 125 Å². The van der Waals surface area contributed by atoms with E-state index in [-0.39, 0.29) is 5.56 Å². The molecule has 0 amide bonds. The quantitative estimate of drug-likeness (QED) is 0.887. The smallest absolute Gasteiger partial charge is 0.250 e. The number of pyridine rings is 1. The summed E-state index contributed by atoms with van der Waals surface area (Å²) in [6.45, 7) is 6.84. The first kappa shape index (κ1) is 15.2. The highest BCUT2D eigenvalue weighted by atomic mass is 16.1. The fourth-order valence-electron chi connectivity index (χ4n) is 2.52. The van der Waals surface area contributed by atoms with Crippen molar-refractivity contribution >= 4 is 11.4 Å². The average Bonchev–Trinajstić information content (AvgIpc) is 2.48. The third kappa shape index (κ3) is 3.88. The van der Waals surface area contributed by atoms with Gasteiger partial charge in [-0.3, -0.25) is 4.79 Å². The summed E-state index contributed by atoms with van der Waals surface area (Å²) in [5.74, 6) is 0. The predicted molar refractivity (Wildman–Crippen MR) is 88.8 cm³/mol. The summed E-state index contributed by atoms with van der Waals surface area (Å²) in [4.78, 5) is 14.1. The van der Waals surface area contributed by atoms with Crippen molar-refractivity contribution in [3.8, 4) is 0 Å². The molecule has 0 aliphatic heterocycles. The van der Waals surface area contributed by atoms with E-state index in [0.29, 0.717) is 12.2 Å². The van der Waals surface area contributed by atoms with Crippen LogP contribution in [0.3, 0.4) is 0 Å². The van der Waals surface area contributed by atoms with Gasteiger partial charge >= 0.3 is 0 Å². The summed E-state index contributed by atoms with van der Waals surface area (Å²) in [7, 11) is 0. The highest BCUT2D eigenvalue weighted by Crippen LogP contribution is 2.19. The molecule has 0 saturated heterocycles. The molecule has 0 bridgehead atoms. The zero-order valence-electron chi connectivity index (χ0n) is 12.7. The standard InChI is InChI=1S/C17H23N3O/c1-3-19(16-8-5-4-7-14(16)2)11-6-12-20-13-15(18)9-10-17(20)21/h4-5,7-10,13H,3,6,11-12,18H2,1-2H3. The van der Waals surface area contributed by atoms with Crippen LogP contribution < -0.4 is 16.2 Å². The van der Waals surface area contributed by atoms with Crippen molar-refractivity contribution in [2.45, 2.75) is 26.8 Å². The number of hydrogen-bond acceptors (Lipinski definition) is 3. The van der Waals surface area contributed by atoms with Gasteiger partial charge in [0.15, 0.2) is 0 Å². The molecule has 0 atom stereocenters. The Morgan fingerprint density at radius 1 is 1.19 bits per heavy atom. The zero-order valence-corrected chi connectivity index (χ0v) is 12.7. The molecule has 2 aromatic rings. The van der Waals surface area contributed by atoms with Gasteiger partial charge in [-0.1, -0.05) is 18.2 Å². The molecule has 0 unspecified atom stereocenters. The zero-order chi connectivity index (χ0) is 15.2. The van der Waals surface area contributed by atoms with Crippen LogP contribution in [-0.4, -0.2) is 17.7 Å². The monoisotopic (exact) mass is 285 g/mol. The topological polar surface area (TPSA) is 51.3 Å². The first-order chi connectivity index (χ1) is 10.1. The van der Waals surface area contributed by atoms with E-state index in [9.17, 15) is 4.79 Å². The molecule has 4 heteroatoms. The number of aromatic nitrogens is 1. The summed E-state index contributed by atoms with van der Waals surface area (Å²) in [6, 6.07) is 11.6. The third-order valence-corrected chi connectivity index (χ3v) is 3.67. The van der Waals surface area contributed by atoms with Crippen LogP contribution in [0.5, 0.6) is 0 Å². The minimum atomic E-state index is 0.00291. The van der Waals surface area contributed by atoms with Gasteiger partial charge in [-0.15, -0.1) is 0 Å². The molecular formula is C17H23N3O. The highest BCUT2D eigenvalue weighted by molar-refractivity contribution is 5.52. The van der Waals surface area contributed by atoms with E-state index in [1.54, 1.807) is 16.8 Å². The lowest BCUT2D eigenvalue weighted by Gasteiger charge is -2.25. The van der Waals surface area contributed by atoms with Gasteiger partial charge in [0.1, 0.15) is 0 Å². The SMILES string of the molecule is CCN(CCCn1cc(N)ccc1=O)c1ccccc1C. The van der Waals surface area contributed by atoms with E-state index in [4.69, 9.17) is 5.73 Å². The van der Waals surface area contributed by atoms with Gasteiger partial charge in [-0.2, -0.15) is 0 Å². The number of para-hydroxylation sites is 1. The maximum atomic E-state index is 11.7. The van der Waals surface area contributed by atoms with Gasteiger partial charge in [-0.25, -0.2) is 0 Å². The second-order valence-corrected chi connectivity index (χ2v) is 5.21. The van der Waals surface area contributed by atoms with Gasteiger partial charge < -0.3 is 15.2 Å². The lowest BCUT2D eigenvalue weighted by atomic mass is 10.1. The fourth-order valence-corrected chi connectivity index (χ4v) is 2.52. The lowest BCUT2D eigenvalue weighted by molar-refractivity contribution is 0.611. The van der Waals surface area contributed by atoms with Crippen molar-refractivity contribution < 1.29 is 0 Å². The van der Waals surface area contributed by atoms with Crippen molar-refractivity contribution in [2.24, 2.45) is 0 Å². The predicted octanol–water partition coefficient (Wildman–Crippen LogP) is 2.66. The molecule has 0 radical (unpaired) electrons. The van der Waals surface area contributed by atoms with Crippen LogP contribution in [0.2, 0.25) is 0 Å². The van der Waals surface area contributed by atoms with E-state index < -0.39 is 0 Å². The Hall–Kier alpha value is -2.23. The summed E-state index contributed by atoms with van der Waals surface area (Å²) in [6.07, 6.45) is 2.62. The molecule has 0 aliphatic rings. The number of nitrogen functional groups attached to an aromatic ring is 1. The molecular weight excluding hydrogens is 262 g/mol. The number of hydrogen-bond donors (Lipinski definition) is 1. The van der Waals surface area contributed by atoms with Crippen LogP contribution in [0, 0.1) is 6.92 Å². The van der Waals surface area contributed by atoms with Crippen molar-refractivity contribution in [2.75, 3.05) is 23.7 Å². The number of nitrogens with zero attached hydrogens (tertiary/aromatic N) is 2. The van der Waals surface area contributed by atoms with Crippen molar-refractivity contribution in [3.05, 3.63) is 58.5 Å². The van der Waals surface area contributed by atoms with Gasteiger partial charge in [0.25, 0.3) is 5.56 Å². The first-order valence-electron chi connectivity index (χ1n) is 7.38. The summed E-state index contributed by atoms with van der Waals surface area (Å²) < 4.78 is 1.68. The van der Waals surface area contributed by atoms with Crippen LogP contribution in [0.25, 0.3) is 0 Å². The molecule has 0 saturated carbocycles. The second-order valence-electron chi connectivity index (χ2n) is 5.21. The number of benzene rings is 1. The van der Waals surface area contributed by atoms with Crippen LogP contribution in [0.1, 0.15) is 18.9 Å². The maximum Gasteiger partial charge on any atom is 0.250 e. The van der Waals surface area contributed by atoms with Gasteiger partial charge in [0, 0.05) is 43.3 Å². The third-order valence-electron chi connectivity index (χ3n) is 3.67. The maximum absolute atomic E-state index is 11.7. The molecule has 21 heavy (non-hydrogen) atoms. The molecule has 2 rings (SSSR count). The van der Waals surface area contributed by atoms with E-state index in [1.807, 2.05) is 0 Å². The number of anilines is 2. The Bertz CT molecular complexity index is 648. The van der Waals surface area contributed by atoms with Gasteiger partial charge in [-0.05, 0) is 38.0 Å². The first-order valence-corrected chi connectivity index (χ1v) is 7.38. The number of aryl methyl sites for hydroxylation is 2. The van der Waals surface area contributed by atoms with Crippen LogP contribution in [-0.2, 0) is 6.54 Å². The van der Waals surface area contributed by atoms with Crippen molar-refractivity contribution in [1.82, 2.24) is 4.57 Å². The minimum absolute atomic E-state index is 0.00291. The minimum Gasteiger partial charge on any atom is -0.398 e. The Morgan fingerprint density at radius 2 is 1.95 bits per heavy atom. The molecule has 1 aromatic carbocycles. The van der Waals surface area contributed by atoms with E-state index in [1.165, 1.54) is 17.3 Å². The van der Waals surface area contributed by atoms with Crippen LogP contribution >= 0.6 is 0 Å². The van der Waals surface area contributed by atoms with Crippen molar-refractivity contribution in [3.63, 3.8) is 0 Å². The van der Waals surface area contributed by atoms with E-state index in [2.05, 4.69) is 43.0 Å². The average molecular weight is 285 g/mol. The molecule has 0 fully saturated rings. The molecule has 1 aromatic heterocycles. The largest absolute Gasteiger partial charge is 0.398 e. The van der Waals surface area contributed by atoms with E-state index >= 15 is 0 Å². The number of nitrogens with two attached hydrogens (primary N) is 1. The van der Waals surface area contributed by atoms with Gasteiger partial charge in [0.05, 0.1) is 0 Å². The fraction of sp³-hybridized carbons (Fsp3) is 0.353. The summed E-state index contributed by atoms with van der Waals surface area (Å²) in [5, 5.41) is 0. The molecule has 2 N–H and O–H groups in total. The normalized spacial score (nSPS) is 10.6. The van der Waals surface area contributed by atoms with Crippen LogP contribution in [0.15, 0.2) is 47.4 Å². The van der Waals surface area contributed by atoms with E-state index in [0.717, 1.165) is 19.5 Å². The van der Waals surface area contributed by atoms with Crippen molar-refractivity contribution in [1.29, 1.82) is 0 Å². The summed E-state index contributed by atoms with van der Waals surface area (Å²) >= 11 is 0. The molecule has 1 heterocycles. The van der Waals surface area contributed by atoms with Gasteiger partial charge in [0.2, 0.25) is 0 Å². The highest BCUT2D eigenvalue weighted by Gasteiger charge is 2.06. The molecule has 112 valence electrons. The number of rotatable bonds is 6.